The Morgan fingerprint density at radius 3 is 2.33 bits per heavy atom. The van der Waals surface area contributed by atoms with Crippen LogP contribution in [0.1, 0.15) is 26.3 Å². The quantitative estimate of drug-likeness (QED) is 0.488. The number of rotatable bonds is 5. The van der Waals surface area contributed by atoms with Crippen LogP contribution < -0.4 is 5.32 Å². The van der Waals surface area contributed by atoms with Gasteiger partial charge in [0.15, 0.2) is 0 Å². The lowest BCUT2D eigenvalue weighted by Gasteiger charge is -2.23. The van der Waals surface area contributed by atoms with Crippen molar-refractivity contribution < 1.29 is 9.72 Å². The van der Waals surface area contributed by atoms with Gasteiger partial charge in [0.05, 0.1) is 10.7 Å². The van der Waals surface area contributed by atoms with Crippen LogP contribution in [0.4, 0.5) is 11.4 Å². The first kappa shape index (κ1) is 18.0. The molecule has 1 amide bonds. The lowest BCUT2D eigenvalue weighted by Crippen LogP contribution is -2.19. The van der Waals surface area contributed by atoms with Gasteiger partial charge in [0.1, 0.15) is 0 Å². The molecule has 126 valence electrons. The van der Waals surface area contributed by atoms with Crippen molar-refractivity contribution in [3.63, 3.8) is 0 Å². The maximum absolute atomic E-state index is 12.2. The summed E-state index contributed by atoms with van der Waals surface area (Å²) in [5.41, 5.74) is 1.89. The molecule has 5 nitrogen and oxygen atoms in total. The van der Waals surface area contributed by atoms with Crippen molar-refractivity contribution in [2.75, 3.05) is 11.1 Å². The van der Waals surface area contributed by atoms with E-state index in [1.807, 2.05) is 24.3 Å². The van der Waals surface area contributed by atoms with E-state index < -0.39 is 4.92 Å². The number of nitrogens with zero attached hydrogens (tertiary/aromatic N) is 1. The maximum Gasteiger partial charge on any atom is 0.269 e. The summed E-state index contributed by atoms with van der Waals surface area (Å²) in [5.74, 6) is 0.145. The van der Waals surface area contributed by atoms with E-state index in [-0.39, 0.29) is 22.8 Å². The average Bonchev–Trinajstić information content (AvgIpc) is 2.53. The van der Waals surface area contributed by atoms with E-state index in [2.05, 4.69) is 26.1 Å². The molecule has 0 radical (unpaired) electrons. The summed E-state index contributed by atoms with van der Waals surface area (Å²) in [6.45, 7) is 6.30. The number of benzene rings is 2. The van der Waals surface area contributed by atoms with Crippen molar-refractivity contribution in [3.8, 4) is 0 Å². The molecule has 0 spiro atoms. The predicted molar refractivity (Wildman–Crippen MR) is 97.6 cm³/mol. The summed E-state index contributed by atoms with van der Waals surface area (Å²) in [6.07, 6.45) is 0. The predicted octanol–water partition coefficient (Wildman–Crippen LogP) is 4.62. The van der Waals surface area contributed by atoms with Crippen LogP contribution in [0.25, 0.3) is 0 Å². The summed E-state index contributed by atoms with van der Waals surface area (Å²) in [5, 5.41) is 13.6. The molecule has 0 atom stereocenters. The van der Waals surface area contributed by atoms with E-state index in [0.29, 0.717) is 0 Å². The highest BCUT2D eigenvalue weighted by atomic mass is 32.2. The number of para-hydroxylation sites is 1. The third-order valence-electron chi connectivity index (χ3n) is 3.43. The standard InChI is InChI=1S/C18H20N2O3S/c1-18(2,3)15-6-4-5-7-16(15)19-17(21)12-24-14-10-8-13(9-11-14)20(22)23/h4-11H,12H2,1-3H3,(H,19,21). The van der Waals surface area contributed by atoms with Gasteiger partial charge in [-0.15, -0.1) is 11.8 Å². The Morgan fingerprint density at radius 1 is 1.12 bits per heavy atom. The number of non-ortho nitro benzene ring substituents is 1. The Kier molecular flexibility index (Phi) is 5.62. The fourth-order valence-electron chi connectivity index (χ4n) is 2.25. The topological polar surface area (TPSA) is 72.2 Å². The zero-order valence-electron chi connectivity index (χ0n) is 13.9. The van der Waals surface area contributed by atoms with Gasteiger partial charge in [-0.25, -0.2) is 0 Å². The van der Waals surface area contributed by atoms with E-state index in [4.69, 9.17) is 0 Å². The van der Waals surface area contributed by atoms with Crippen LogP contribution in [0, 0.1) is 10.1 Å². The highest BCUT2D eigenvalue weighted by Crippen LogP contribution is 2.29. The number of carbonyl (C=O) groups is 1. The first-order valence-electron chi connectivity index (χ1n) is 7.54. The molecule has 2 rings (SSSR count). The number of hydrogen-bond donors (Lipinski definition) is 1. The third-order valence-corrected chi connectivity index (χ3v) is 4.44. The second kappa shape index (κ2) is 7.49. The molecule has 0 aliphatic heterocycles. The summed E-state index contributed by atoms with van der Waals surface area (Å²) in [4.78, 5) is 23.2. The number of hydrogen-bond acceptors (Lipinski definition) is 4. The lowest BCUT2D eigenvalue weighted by atomic mass is 9.86. The van der Waals surface area contributed by atoms with Gasteiger partial charge in [-0.1, -0.05) is 39.0 Å². The van der Waals surface area contributed by atoms with Crippen LogP contribution in [0.3, 0.4) is 0 Å². The molecule has 24 heavy (non-hydrogen) atoms. The van der Waals surface area contributed by atoms with E-state index in [1.54, 1.807) is 12.1 Å². The highest BCUT2D eigenvalue weighted by Gasteiger charge is 2.18. The monoisotopic (exact) mass is 344 g/mol. The minimum absolute atomic E-state index is 0.0444. The second-order valence-corrected chi connectivity index (χ2v) is 7.43. The molecular weight excluding hydrogens is 324 g/mol. The van der Waals surface area contributed by atoms with Crippen LogP contribution >= 0.6 is 11.8 Å². The number of nitrogens with one attached hydrogen (secondary N) is 1. The number of nitro benzene ring substituents is 1. The first-order valence-corrected chi connectivity index (χ1v) is 8.52. The average molecular weight is 344 g/mol. The molecule has 6 heteroatoms. The largest absolute Gasteiger partial charge is 0.325 e. The van der Waals surface area contributed by atoms with E-state index >= 15 is 0 Å². The molecule has 2 aromatic carbocycles. The minimum Gasteiger partial charge on any atom is -0.325 e. The zero-order valence-corrected chi connectivity index (χ0v) is 14.7. The number of amides is 1. The Bertz CT molecular complexity index is 737. The van der Waals surface area contributed by atoms with Crippen LogP contribution in [0.15, 0.2) is 53.4 Å². The third kappa shape index (κ3) is 4.83. The van der Waals surface area contributed by atoms with Crippen molar-refractivity contribution in [2.24, 2.45) is 0 Å². The molecule has 0 unspecified atom stereocenters. The normalized spacial score (nSPS) is 11.1. The number of thioether (sulfide) groups is 1. The Hall–Kier alpha value is -2.34. The molecule has 0 saturated carbocycles. The highest BCUT2D eigenvalue weighted by molar-refractivity contribution is 8.00. The van der Waals surface area contributed by atoms with Gasteiger partial charge in [0, 0.05) is 22.7 Å². The van der Waals surface area contributed by atoms with E-state index in [9.17, 15) is 14.9 Å². The number of nitro groups is 1. The van der Waals surface area contributed by atoms with Crippen LogP contribution in [-0.4, -0.2) is 16.6 Å². The molecule has 0 fully saturated rings. The van der Waals surface area contributed by atoms with Gasteiger partial charge in [0.2, 0.25) is 5.91 Å². The first-order chi connectivity index (χ1) is 11.3. The second-order valence-electron chi connectivity index (χ2n) is 6.38. The molecule has 0 aromatic heterocycles. The Labute approximate surface area is 145 Å². The van der Waals surface area contributed by atoms with Gasteiger partial charge in [-0.3, -0.25) is 14.9 Å². The Balaban J connectivity index is 1.98. The van der Waals surface area contributed by atoms with Crippen molar-refractivity contribution in [3.05, 3.63) is 64.2 Å². The van der Waals surface area contributed by atoms with Crippen LogP contribution in [-0.2, 0) is 10.2 Å². The Morgan fingerprint density at radius 2 is 1.75 bits per heavy atom. The smallest absolute Gasteiger partial charge is 0.269 e. The summed E-state index contributed by atoms with van der Waals surface area (Å²) in [6, 6.07) is 14.0. The number of anilines is 1. The molecule has 2 aromatic rings. The molecule has 0 heterocycles. The van der Waals surface area contributed by atoms with Crippen molar-refractivity contribution in [1.82, 2.24) is 0 Å². The molecular formula is C18H20N2O3S. The van der Waals surface area contributed by atoms with E-state index in [0.717, 1.165) is 16.1 Å². The van der Waals surface area contributed by atoms with Crippen molar-refractivity contribution in [1.29, 1.82) is 0 Å². The maximum atomic E-state index is 12.2. The van der Waals surface area contributed by atoms with Gasteiger partial charge >= 0.3 is 0 Å². The van der Waals surface area contributed by atoms with Crippen molar-refractivity contribution in [2.45, 2.75) is 31.1 Å². The SMILES string of the molecule is CC(C)(C)c1ccccc1NC(=O)CSc1ccc([N+](=O)[O-])cc1. The lowest BCUT2D eigenvalue weighted by molar-refractivity contribution is -0.384. The zero-order chi connectivity index (χ0) is 17.7. The molecule has 0 bridgehead atoms. The summed E-state index contributed by atoms with van der Waals surface area (Å²) >= 11 is 1.35. The summed E-state index contributed by atoms with van der Waals surface area (Å²) < 4.78 is 0. The van der Waals surface area contributed by atoms with Gasteiger partial charge < -0.3 is 5.32 Å². The minimum atomic E-state index is -0.440. The van der Waals surface area contributed by atoms with Crippen LogP contribution in [0.5, 0.6) is 0 Å². The molecule has 0 aliphatic carbocycles. The molecule has 1 N–H and O–H groups in total. The molecule has 0 saturated heterocycles. The van der Waals surface area contributed by atoms with Gasteiger partial charge in [-0.05, 0) is 29.2 Å². The van der Waals surface area contributed by atoms with Gasteiger partial charge in [-0.2, -0.15) is 0 Å². The molecule has 0 aliphatic rings. The summed E-state index contributed by atoms with van der Waals surface area (Å²) in [7, 11) is 0. The van der Waals surface area contributed by atoms with Crippen molar-refractivity contribution >= 4 is 29.0 Å². The van der Waals surface area contributed by atoms with Crippen LogP contribution in [0.2, 0.25) is 0 Å². The number of carbonyl (C=O) groups excluding carboxylic acids is 1. The fraction of sp³-hybridized carbons (Fsp3) is 0.278. The fourth-order valence-corrected chi connectivity index (χ4v) is 2.94. The van der Waals surface area contributed by atoms with E-state index in [1.165, 1.54) is 23.9 Å². The van der Waals surface area contributed by atoms with Gasteiger partial charge in [0.25, 0.3) is 5.69 Å².